The summed E-state index contributed by atoms with van der Waals surface area (Å²) in [6.07, 6.45) is -3.69. The first-order valence-corrected chi connectivity index (χ1v) is 6.54. The third kappa shape index (κ3) is 4.52. The van der Waals surface area contributed by atoms with Gasteiger partial charge in [-0.15, -0.1) is 10.2 Å². The minimum absolute atomic E-state index is 0. The van der Waals surface area contributed by atoms with Gasteiger partial charge in [-0.1, -0.05) is 43.9 Å². The first-order valence-electron chi connectivity index (χ1n) is 6.54. The van der Waals surface area contributed by atoms with E-state index in [1.165, 1.54) is 6.07 Å². The number of rotatable bonds is 5. The second kappa shape index (κ2) is 8.05. The number of halogens is 3. The van der Waals surface area contributed by atoms with Crippen molar-refractivity contribution < 1.29 is 47.8 Å². The molecule has 22 heavy (non-hydrogen) atoms. The third-order valence-electron chi connectivity index (χ3n) is 3.13. The molecule has 114 valence electrons. The molecule has 2 aromatic rings. The van der Waals surface area contributed by atoms with Crippen molar-refractivity contribution in [1.82, 2.24) is 20.6 Å². The van der Waals surface area contributed by atoms with Gasteiger partial charge >= 0.3 is 35.7 Å². The third-order valence-corrected chi connectivity index (χ3v) is 3.13. The van der Waals surface area contributed by atoms with Crippen LogP contribution in [-0.2, 0) is 6.18 Å². The average molecular weight is 322 g/mol. The molecule has 9 heteroatoms. The summed E-state index contributed by atoms with van der Waals surface area (Å²) in [4.78, 5) is 0. The van der Waals surface area contributed by atoms with Crippen LogP contribution in [0.25, 0.3) is 11.4 Å². The van der Waals surface area contributed by atoms with Gasteiger partial charge in [0.25, 0.3) is 0 Å². The number of nitrogens with one attached hydrogen (secondary N) is 1. The van der Waals surface area contributed by atoms with Gasteiger partial charge in [-0.25, -0.2) is 0 Å². The topological polar surface area (TPSA) is 77.5 Å². The molecular formula is C13H14F3N4NaO. The van der Waals surface area contributed by atoms with Gasteiger partial charge in [0.2, 0.25) is 5.82 Å². The summed E-state index contributed by atoms with van der Waals surface area (Å²) in [5, 5.41) is 25.1. The molecule has 1 aromatic carbocycles. The van der Waals surface area contributed by atoms with Crippen LogP contribution in [0.15, 0.2) is 18.2 Å². The zero-order chi connectivity index (χ0) is 15.5. The van der Waals surface area contributed by atoms with Crippen molar-refractivity contribution in [3.63, 3.8) is 0 Å². The fraction of sp³-hybridized carbons (Fsp3) is 0.462. The Balaban J connectivity index is 0.00000242. The van der Waals surface area contributed by atoms with E-state index in [0.717, 1.165) is 18.6 Å². The number of unbranched alkanes of at least 4 members (excludes halogenated alkanes) is 1. The van der Waals surface area contributed by atoms with Gasteiger partial charge in [-0.05, 0) is 17.3 Å². The molecule has 1 aromatic heterocycles. The molecule has 0 radical (unpaired) electrons. The van der Waals surface area contributed by atoms with Crippen LogP contribution in [0.2, 0.25) is 0 Å². The molecule has 5 nitrogen and oxygen atoms in total. The summed E-state index contributed by atoms with van der Waals surface area (Å²) in [5.74, 6) is -0.00607. The minimum atomic E-state index is -4.49. The SMILES string of the molecule is CCCCC([O-])c1ccc(C(F)(F)F)cc1-c1nn[nH]n1.[Na+]. The van der Waals surface area contributed by atoms with Gasteiger partial charge in [0, 0.05) is 5.56 Å². The van der Waals surface area contributed by atoms with Crippen LogP contribution in [0.5, 0.6) is 0 Å². The van der Waals surface area contributed by atoms with Crippen molar-refractivity contribution in [1.29, 1.82) is 0 Å². The number of tetrazole rings is 1. The van der Waals surface area contributed by atoms with Gasteiger partial charge < -0.3 is 5.11 Å². The number of hydrogen-bond acceptors (Lipinski definition) is 4. The smallest absolute Gasteiger partial charge is 0.849 e. The number of alkyl halides is 3. The Bertz CT molecular complexity index is 589. The van der Waals surface area contributed by atoms with Crippen molar-refractivity contribution in [3.8, 4) is 11.4 Å². The predicted molar refractivity (Wildman–Crippen MR) is 66.9 cm³/mol. The molecule has 0 spiro atoms. The maximum absolute atomic E-state index is 12.8. The molecular weight excluding hydrogens is 308 g/mol. The molecule has 0 bridgehead atoms. The van der Waals surface area contributed by atoms with Gasteiger partial charge in [-0.3, -0.25) is 0 Å². The first-order chi connectivity index (χ1) is 9.93. The molecule has 0 fully saturated rings. The minimum Gasteiger partial charge on any atom is -0.849 e. The van der Waals surface area contributed by atoms with Crippen LogP contribution < -0.4 is 34.7 Å². The van der Waals surface area contributed by atoms with Crippen LogP contribution >= 0.6 is 0 Å². The molecule has 1 unspecified atom stereocenters. The maximum Gasteiger partial charge on any atom is 1.00 e. The number of H-pyrrole nitrogens is 1. The molecule has 1 atom stereocenters. The Morgan fingerprint density at radius 2 is 2.05 bits per heavy atom. The van der Waals surface area contributed by atoms with E-state index in [4.69, 9.17) is 0 Å². The average Bonchev–Trinajstić information content (AvgIpc) is 2.97. The summed E-state index contributed by atoms with van der Waals surface area (Å²) in [7, 11) is 0. The Kier molecular flexibility index (Phi) is 6.98. The molecule has 0 saturated carbocycles. The van der Waals surface area contributed by atoms with Crippen molar-refractivity contribution in [2.45, 2.75) is 38.5 Å². The fourth-order valence-electron chi connectivity index (χ4n) is 2.03. The molecule has 0 aliphatic heterocycles. The Hall–Kier alpha value is -0.960. The number of aromatic amines is 1. The van der Waals surface area contributed by atoms with Crippen molar-refractivity contribution in [2.75, 3.05) is 0 Å². The number of benzene rings is 1. The monoisotopic (exact) mass is 322 g/mol. The van der Waals surface area contributed by atoms with E-state index < -0.39 is 17.8 Å². The van der Waals surface area contributed by atoms with Crippen LogP contribution in [-0.4, -0.2) is 20.6 Å². The van der Waals surface area contributed by atoms with E-state index in [9.17, 15) is 18.3 Å². The van der Waals surface area contributed by atoms with Crippen molar-refractivity contribution >= 4 is 0 Å². The Morgan fingerprint density at radius 3 is 2.59 bits per heavy atom. The van der Waals surface area contributed by atoms with E-state index in [1.54, 1.807) is 0 Å². The molecule has 1 heterocycles. The van der Waals surface area contributed by atoms with Crippen molar-refractivity contribution in [2.24, 2.45) is 0 Å². The summed E-state index contributed by atoms with van der Waals surface area (Å²) < 4.78 is 38.4. The zero-order valence-corrected chi connectivity index (χ0v) is 14.3. The summed E-state index contributed by atoms with van der Waals surface area (Å²) in [5.41, 5.74) is -0.499. The number of nitrogens with zero attached hydrogens (tertiary/aromatic N) is 3. The largest absolute Gasteiger partial charge is 1.00 e. The van der Waals surface area contributed by atoms with Gasteiger partial charge in [0.05, 0.1) is 5.56 Å². The second-order valence-electron chi connectivity index (χ2n) is 4.67. The van der Waals surface area contributed by atoms with Crippen LogP contribution in [0.3, 0.4) is 0 Å². The molecule has 0 aliphatic rings. The van der Waals surface area contributed by atoms with Crippen molar-refractivity contribution in [3.05, 3.63) is 29.3 Å². The fourth-order valence-corrected chi connectivity index (χ4v) is 2.03. The predicted octanol–water partition coefficient (Wildman–Crippen LogP) is -0.519. The summed E-state index contributed by atoms with van der Waals surface area (Å²) in [6, 6.07) is 3.02. The van der Waals surface area contributed by atoms with E-state index in [-0.39, 0.29) is 46.5 Å². The second-order valence-corrected chi connectivity index (χ2v) is 4.67. The first kappa shape index (κ1) is 19.1. The van der Waals surface area contributed by atoms with Gasteiger partial charge in [0.1, 0.15) is 0 Å². The van der Waals surface area contributed by atoms with E-state index in [2.05, 4.69) is 20.6 Å². The Labute approximate surface area is 147 Å². The molecule has 1 N–H and O–H groups in total. The van der Waals surface area contributed by atoms with Crippen LogP contribution in [0, 0.1) is 0 Å². The maximum atomic E-state index is 12.8. The summed E-state index contributed by atoms with van der Waals surface area (Å²) >= 11 is 0. The molecule has 0 amide bonds. The zero-order valence-electron chi connectivity index (χ0n) is 12.3. The Morgan fingerprint density at radius 1 is 1.32 bits per heavy atom. The van der Waals surface area contributed by atoms with Gasteiger partial charge in [0.15, 0.2) is 0 Å². The van der Waals surface area contributed by atoms with E-state index >= 15 is 0 Å². The van der Waals surface area contributed by atoms with E-state index in [0.29, 0.717) is 12.8 Å². The summed E-state index contributed by atoms with van der Waals surface area (Å²) in [6.45, 7) is 1.94. The van der Waals surface area contributed by atoms with Crippen LogP contribution in [0.4, 0.5) is 13.2 Å². The number of hydrogen-bond donors (Lipinski definition) is 1. The molecule has 0 aliphatic carbocycles. The molecule has 0 saturated heterocycles. The van der Waals surface area contributed by atoms with E-state index in [1.807, 2.05) is 6.92 Å². The van der Waals surface area contributed by atoms with Crippen LogP contribution in [0.1, 0.15) is 43.4 Å². The standard InChI is InChI=1S/C13H14F3N4O.Na/c1-2-3-4-11(21)9-6-5-8(13(14,15)16)7-10(9)12-17-19-20-18-12;/h5-7,11H,2-4H2,1H3,(H,17,18,19,20);/q-1;+1. The normalized spacial score (nSPS) is 12.8. The van der Waals surface area contributed by atoms with Gasteiger partial charge in [-0.2, -0.15) is 18.4 Å². The number of aromatic nitrogens is 4. The quantitative estimate of drug-likeness (QED) is 0.752. The molecule has 2 rings (SSSR count).